The highest BCUT2D eigenvalue weighted by molar-refractivity contribution is 5.93. The molecule has 0 aliphatic carbocycles. The number of amides is 1. The number of carboxylic acid groups (broad SMARTS) is 1. The first-order chi connectivity index (χ1) is 9.02. The van der Waals surface area contributed by atoms with Crippen molar-refractivity contribution >= 4 is 11.9 Å². The lowest BCUT2D eigenvalue weighted by Crippen LogP contribution is -2.30. The number of carbonyl (C=O) groups is 2. The highest BCUT2D eigenvalue weighted by atomic mass is 16.4. The van der Waals surface area contributed by atoms with Crippen molar-refractivity contribution in [2.45, 2.75) is 6.92 Å². The first-order valence-electron chi connectivity index (χ1n) is 5.91. The van der Waals surface area contributed by atoms with Crippen LogP contribution >= 0.6 is 0 Å². The number of carboxylic acids is 1. The van der Waals surface area contributed by atoms with Gasteiger partial charge in [0.25, 0.3) is 5.91 Å². The zero-order valence-corrected chi connectivity index (χ0v) is 10.4. The number of nitrogens with zero attached hydrogens (tertiary/aromatic N) is 3. The average Bonchev–Trinajstić information content (AvgIpc) is 2.80. The van der Waals surface area contributed by atoms with E-state index in [1.54, 1.807) is 0 Å². The van der Waals surface area contributed by atoms with Crippen molar-refractivity contribution < 1.29 is 14.7 Å². The van der Waals surface area contributed by atoms with E-state index in [0.717, 1.165) is 0 Å². The standard InChI is InChI=1S/C13H13N3O3/c1-8-6-16(7-10(8)13(18)19)12(17)11-3-2-9(4-14)5-15-11/h2-3,5,8,10H,6-7H2,1H3,(H,18,19)/t8-,10-/m1/s1. The lowest BCUT2D eigenvalue weighted by Gasteiger charge is -2.15. The molecule has 1 amide bonds. The third-order valence-corrected chi connectivity index (χ3v) is 3.33. The number of hydrogen-bond acceptors (Lipinski definition) is 4. The molecule has 6 heteroatoms. The summed E-state index contributed by atoms with van der Waals surface area (Å²) >= 11 is 0. The highest BCUT2D eigenvalue weighted by Crippen LogP contribution is 2.24. The van der Waals surface area contributed by atoms with Crippen LogP contribution in [0.1, 0.15) is 23.0 Å². The van der Waals surface area contributed by atoms with E-state index in [4.69, 9.17) is 10.4 Å². The molecule has 1 aromatic rings. The SMILES string of the molecule is C[C@@H]1CN(C(=O)c2ccc(C#N)cn2)C[C@H]1C(=O)O. The first kappa shape index (κ1) is 13.0. The lowest BCUT2D eigenvalue weighted by atomic mass is 9.99. The zero-order chi connectivity index (χ0) is 14.0. The van der Waals surface area contributed by atoms with Crippen LogP contribution in [0.3, 0.4) is 0 Å². The molecule has 6 nitrogen and oxygen atoms in total. The highest BCUT2D eigenvalue weighted by Gasteiger charge is 2.37. The van der Waals surface area contributed by atoms with Crippen molar-refractivity contribution in [2.75, 3.05) is 13.1 Å². The summed E-state index contributed by atoms with van der Waals surface area (Å²) in [6, 6.07) is 4.93. The molecule has 1 saturated heterocycles. The fourth-order valence-corrected chi connectivity index (χ4v) is 2.20. The van der Waals surface area contributed by atoms with Crippen molar-refractivity contribution in [3.63, 3.8) is 0 Å². The maximum Gasteiger partial charge on any atom is 0.308 e. The van der Waals surface area contributed by atoms with Gasteiger partial charge in [-0.05, 0) is 18.1 Å². The Morgan fingerprint density at radius 1 is 1.47 bits per heavy atom. The molecule has 1 aliphatic heterocycles. The van der Waals surface area contributed by atoms with Gasteiger partial charge in [0.05, 0.1) is 11.5 Å². The zero-order valence-electron chi connectivity index (χ0n) is 10.4. The second-order valence-corrected chi connectivity index (χ2v) is 4.68. The molecule has 0 radical (unpaired) electrons. The summed E-state index contributed by atoms with van der Waals surface area (Å²) in [5, 5.41) is 17.7. The lowest BCUT2D eigenvalue weighted by molar-refractivity contribution is -0.142. The van der Waals surface area contributed by atoms with Crippen LogP contribution in [0, 0.1) is 23.2 Å². The summed E-state index contributed by atoms with van der Waals surface area (Å²) in [7, 11) is 0. The molecule has 2 rings (SSSR count). The fraction of sp³-hybridized carbons (Fsp3) is 0.385. The van der Waals surface area contributed by atoms with E-state index >= 15 is 0 Å². The summed E-state index contributed by atoms with van der Waals surface area (Å²) in [6.07, 6.45) is 1.33. The van der Waals surface area contributed by atoms with Gasteiger partial charge in [-0.1, -0.05) is 6.92 Å². The van der Waals surface area contributed by atoms with Gasteiger partial charge in [-0.2, -0.15) is 5.26 Å². The summed E-state index contributed by atoms with van der Waals surface area (Å²) in [5.41, 5.74) is 0.618. The van der Waals surface area contributed by atoms with Crippen molar-refractivity contribution in [1.29, 1.82) is 5.26 Å². The topological polar surface area (TPSA) is 94.3 Å². The number of aromatic nitrogens is 1. The second-order valence-electron chi connectivity index (χ2n) is 4.68. The smallest absolute Gasteiger partial charge is 0.308 e. The van der Waals surface area contributed by atoms with Crippen LogP contribution in [-0.4, -0.2) is 40.0 Å². The number of aliphatic carboxylic acids is 1. The Morgan fingerprint density at radius 2 is 2.21 bits per heavy atom. The molecule has 0 spiro atoms. The molecule has 0 bridgehead atoms. The Hall–Kier alpha value is -2.42. The fourth-order valence-electron chi connectivity index (χ4n) is 2.20. The molecule has 0 aromatic carbocycles. The van der Waals surface area contributed by atoms with Gasteiger partial charge in [0.1, 0.15) is 11.8 Å². The summed E-state index contributed by atoms with van der Waals surface area (Å²) in [4.78, 5) is 28.6. The predicted octanol–water partition coefficient (Wildman–Crippen LogP) is 0.746. The van der Waals surface area contributed by atoms with E-state index in [1.165, 1.54) is 23.2 Å². The summed E-state index contributed by atoms with van der Waals surface area (Å²) in [6.45, 7) is 2.44. The number of carbonyl (C=O) groups excluding carboxylic acids is 1. The molecule has 98 valence electrons. The molecule has 1 fully saturated rings. The maximum atomic E-state index is 12.1. The molecule has 0 saturated carbocycles. The van der Waals surface area contributed by atoms with Crippen LogP contribution in [0.5, 0.6) is 0 Å². The van der Waals surface area contributed by atoms with Gasteiger partial charge < -0.3 is 10.0 Å². The van der Waals surface area contributed by atoms with Crippen molar-refractivity contribution in [3.8, 4) is 6.07 Å². The molecule has 2 atom stereocenters. The van der Waals surface area contributed by atoms with Gasteiger partial charge in [0.15, 0.2) is 0 Å². The Bertz CT molecular complexity index is 547. The normalized spacial score (nSPS) is 22.0. The molecule has 2 heterocycles. The van der Waals surface area contributed by atoms with Crippen LogP contribution in [0.25, 0.3) is 0 Å². The summed E-state index contributed by atoms with van der Waals surface area (Å²) < 4.78 is 0. The molecular weight excluding hydrogens is 246 g/mol. The molecule has 0 unspecified atom stereocenters. The van der Waals surface area contributed by atoms with Gasteiger partial charge in [0.2, 0.25) is 0 Å². The van der Waals surface area contributed by atoms with E-state index in [-0.39, 0.29) is 24.1 Å². The van der Waals surface area contributed by atoms with Crippen LogP contribution in [0.2, 0.25) is 0 Å². The van der Waals surface area contributed by atoms with Gasteiger partial charge in [-0.15, -0.1) is 0 Å². The minimum atomic E-state index is -0.879. The number of nitriles is 1. The monoisotopic (exact) mass is 259 g/mol. The number of pyridine rings is 1. The van der Waals surface area contributed by atoms with Crippen molar-refractivity contribution in [2.24, 2.45) is 11.8 Å². The van der Waals surface area contributed by atoms with Gasteiger partial charge >= 0.3 is 5.97 Å². The van der Waals surface area contributed by atoms with Gasteiger partial charge in [-0.25, -0.2) is 4.98 Å². The number of hydrogen-bond donors (Lipinski definition) is 1. The van der Waals surface area contributed by atoms with Crippen LogP contribution in [0.4, 0.5) is 0 Å². The molecule has 1 aliphatic rings. The third kappa shape index (κ3) is 2.55. The number of likely N-dealkylation sites (tertiary alicyclic amines) is 1. The minimum Gasteiger partial charge on any atom is -0.481 e. The Morgan fingerprint density at radius 3 is 2.68 bits per heavy atom. The van der Waals surface area contributed by atoms with E-state index in [1.807, 2.05) is 13.0 Å². The molecular formula is C13H13N3O3. The van der Waals surface area contributed by atoms with E-state index < -0.39 is 11.9 Å². The van der Waals surface area contributed by atoms with Gasteiger partial charge in [0, 0.05) is 19.3 Å². The summed E-state index contributed by atoms with van der Waals surface area (Å²) in [5.74, 6) is -1.77. The molecule has 1 N–H and O–H groups in total. The van der Waals surface area contributed by atoms with E-state index in [9.17, 15) is 9.59 Å². The number of rotatable bonds is 2. The van der Waals surface area contributed by atoms with E-state index in [0.29, 0.717) is 12.1 Å². The largest absolute Gasteiger partial charge is 0.481 e. The Labute approximate surface area is 110 Å². The Kier molecular flexibility index (Phi) is 3.47. The Balaban J connectivity index is 2.12. The minimum absolute atomic E-state index is 0.0696. The molecule has 1 aromatic heterocycles. The van der Waals surface area contributed by atoms with Crippen molar-refractivity contribution in [1.82, 2.24) is 9.88 Å². The maximum absolute atomic E-state index is 12.1. The predicted molar refractivity (Wildman–Crippen MR) is 65.1 cm³/mol. The second kappa shape index (κ2) is 5.06. The van der Waals surface area contributed by atoms with Crippen LogP contribution < -0.4 is 0 Å². The average molecular weight is 259 g/mol. The van der Waals surface area contributed by atoms with Crippen molar-refractivity contribution in [3.05, 3.63) is 29.6 Å². The third-order valence-electron chi connectivity index (χ3n) is 3.33. The first-order valence-corrected chi connectivity index (χ1v) is 5.91. The molecule has 19 heavy (non-hydrogen) atoms. The van der Waals surface area contributed by atoms with E-state index in [2.05, 4.69) is 4.98 Å². The van der Waals surface area contributed by atoms with Gasteiger partial charge in [-0.3, -0.25) is 9.59 Å². The van der Waals surface area contributed by atoms with Crippen LogP contribution in [0.15, 0.2) is 18.3 Å². The van der Waals surface area contributed by atoms with Crippen LogP contribution in [-0.2, 0) is 4.79 Å². The quantitative estimate of drug-likeness (QED) is 0.845.